The lowest BCUT2D eigenvalue weighted by atomic mass is 9.60. The Kier molecular flexibility index (Phi) is 10.7. The molecule has 0 bridgehead atoms. The van der Waals surface area contributed by atoms with Crippen LogP contribution < -0.4 is 30.9 Å². The number of aryl methyl sites for hydroxylation is 2. The molecule has 2 aromatic carbocycles. The van der Waals surface area contributed by atoms with Gasteiger partial charge in [-0.05, 0) is 97.2 Å². The van der Waals surface area contributed by atoms with Gasteiger partial charge in [0, 0.05) is 88.8 Å². The van der Waals surface area contributed by atoms with Crippen LogP contribution in [-0.2, 0) is 20.7 Å². The van der Waals surface area contributed by atoms with Crippen molar-refractivity contribution in [3.05, 3.63) is 58.5 Å². The SMILES string of the molecule is COc1cc(N2CCN(C3CC4(CCNCC4)C3)CC2)c(-c2cnn(C)c2)cc1Nc1ncc(Br)c(Nc2ccc(C)c(C)c2P(=O)(OC)OC)n1. The summed E-state index contributed by atoms with van der Waals surface area (Å²) in [6, 6.07) is 8.71. The number of piperidine rings is 1. The van der Waals surface area contributed by atoms with Gasteiger partial charge < -0.3 is 34.6 Å². The van der Waals surface area contributed by atoms with Gasteiger partial charge in [-0.15, -0.1) is 0 Å². The number of aromatic nitrogens is 4. The second kappa shape index (κ2) is 15.1. The van der Waals surface area contributed by atoms with Gasteiger partial charge in [0.05, 0.1) is 34.5 Å². The lowest BCUT2D eigenvalue weighted by Crippen LogP contribution is -2.58. The fourth-order valence-corrected chi connectivity index (χ4v) is 9.87. The Morgan fingerprint density at radius 1 is 0.981 bits per heavy atom. The number of hydrogen-bond donors (Lipinski definition) is 3. The van der Waals surface area contributed by atoms with Crippen LogP contribution in [0.25, 0.3) is 11.1 Å². The van der Waals surface area contributed by atoms with Crippen molar-refractivity contribution in [3.8, 4) is 16.9 Å². The number of benzene rings is 2. The third-order valence-corrected chi connectivity index (χ3v) is 13.9. The van der Waals surface area contributed by atoms with Crippen molar-refractivity contribution in [2.75, 3.05) is 76.1 Å². The Hall–Kier alpha value is -3.52. The Balaban J connectivity index is 1.15. The smallest absolute Gasteiger partial charge is 0.363 e. The number of methoxy groups -OCH3 is 1. The van der Waals surface area contributed by atoms with Crippen molar-refractivity contribution in [2.24, 2.45) is 12.5 Å². The molecule has 15 heteroatoms. The summed E-state index contributed by atoms with van der Waals surface area (Å²) in [7, 11) is 2.78. The molecule has 4 aromatic rings. The number of piperazine rings is 1. The zero-order valence-electron chi connectivity index (χ0n) is 30.8. The molecule has 7 rings (SSSR count). The summed E-state index contributed by atoms with van der Waals surface area (Å²) in [6.07, 6.45) is 10.9. The fourth-order valence-electron chi connectivity index (χ4n) is 8.06. The number of ether oxygens (including phenoxy) is 1. The minimum atomic E-state index is -3.60. The molecular formula is C37H49BrN9O4P. The van der Waals surface area contributed by atoms with Crippen LogP contribution in [0.3, 0.4) is 0 Å². The summed E-state index contributed by atoms with van der Waals surface area (Å²) in [5.41, 5.74) is 6.80. The lowest BCUT2D eigenvalue weighted by Gasteiger charge is -2.55. The monoisotopic (exact) mass is 793 g/mol. The number of hydrogen-bond acceptors (Lipinski definition) is 12. The normalized spacial score (nSPS) is 18.0. The highest BCUT2D eigenvalue weighted by Gasteiger charge is 2.47. The van der Waals surface area contributed by atoms with E-state index in [2.05, 4.69) is 63.9 Å². The maximum absolute atomic E-state index is 13.6. The third-order valence-electron chi connectivity index (χ3n) is 11.2. The number of halogens is 1. The quantitative estimate of drug-likeness (QED) is 0.143. The molecular weight excluding hydrogens is 745 g/mol. The molecule has 13 nitrogen and oxygen atoms in total. The average Bonchev–Trinajstić information content (AvgIpc) is 3.59. The van der Waals surface area contributed by atoms with Crippen LogP contribution in [-0.4, -0.2) is 91.3 Å². The fraction of sp³-hybridized carbons (Fsp3) is 0.486. The maximum atomic E-state index is 13.6. The van der Waals surface area contributed by atoms with Crippen LogP contribution in [0.5, 0.6) is 5.75 Å². The predicted octanol–water partition coefficient (Wildman–Crippen LogP) is 6.52. The van der Waals surface area contributed by atoms with Crippen LogP contribution in [0.1, 0.15) is 36.8 Å². The van der Waals surface area contributed by atoms with Gasteiger partial charge in [-0.25, -0.2) is 4.98 Å². The molecule has 2 saturated heterocycles. The predicted molar refractivity (Wildman–Crippen MR) is 210 cm³/mol. The van der Waals surface area contributed by atoms with Crippen molar-refractivity contribution in [2.45, 2.75) is 45.6 Å². The third kappa shape index (κ3) is 7.21. The van der Waals surface area contributed by atoms with Crippen molar-refractivity contribution in [1.82, 2.24) is 30.0 Å². The summed E-state index contributed by atoms with van der Waals surface area (Å²) in [6.45, 7) is 10.2. The standard InChI is InChI=1S/C37H49BrN9O4P/c1-24-7-8-30(34(25(24)2)52(48,50-5)51-6)42-35-29(38)22-40-36(44-35)43-31-17-28(26-21-41-45(3)23-26)32(18-33(31)49-4)47-15-13-46(14-16-47)27-19-37(20-27)9-11-39-12-10-37/h7-8,17-18,21-23,27,39H,9-16,19-20H2,1-6H3,(H2,40,42,43,44). The first-order valence-corrected chi connectivity index (χ1v) is 20.2. The average molecular weight is 795 g/mol. The van der Waals surface area contributed by atoms with E-state index in [4.69, 9.17) is 18.8 Å². The number of anilines is 5. The van der Waals surface area contributed by atoms with Gasteiger partial charge in [0.2, 0.25) is 5.95 Å². The molecule has 1 saturated carbocycles. The molecule has 0 radical (unpaired) electrons. The zero-order chi connectivity index (χ0) is 36.6. The highest BCUT2D eigenvalue weighted by Crippen LogP contribution is 2.51. The summed E-state index contributed by atoms with van der Waals surface area (Å²) < 4.78 is 32.9. The van der Waals surface area contributed by atoms with Crippen LogP contribution in [0.2, 0.25) is 0 Å². The molecule has 2 aromatic heterocycles. The van der Waals surface area contributed by atoms with E-state index in [9.17, 15) is 4.57 Å². The Labute approximate surface area is 314 Å². The highest BCUT2D eigenvalue weighted by atomic mass is 79.9. The van der Waals surface area contributed by atoms with E-state index in [1.807, 2.05) is 50.1 Å². The second-order valence-electron chi connectivity index (χ2n) is 14.2. The largest absolute Gasteiger partial charge is 0.494 e. The Morgan fingerprint density at radius 3 is 2.37 bits per heavy atom. The number of nitrogens with zero attached hydrogens (tertiary/aromatic N) is 6. The Morgan fingerprint density at radius 2 is 1.71 bits per heavy atom. The van der Waals surface area contributed by atoms with Crippen molar-refractivity contribution in [1.29, 1.82) is 0 Å². The van der Waals surface area contributed by atoms with E-state index in [-0.39, 0.29) is 0 Å². The molecule has 52 heavy (non-hydrogen) atoms. The zero-order valence-corrected chi connectivity index (χ0v) is 33.3. The molecule has 278 valence electrons. The van der Waals surface area contributed by atoms with E-state index in [1.54, 1.807) is 13.3 Å². The maximum Gasteiger partial charge on any atom is 0.363 e. The van der Waals surface area contributed by atoms with E-state index in [1.165, 1.54) is 39.9 Å². The molecule has 4 heterocycles. The molecule has 0 amide bonds. The molecule has 0 atom stereocenters. The van der Waals surface area contributed by atoms with Crippen LogP contribution in [0.15, 0.2) is 47.3 Å². The topological polar surface area (TPSA) is 131 Å². The Bertz CT molecular complexity index is 1960. The van der Waals surface area contributed by atoms with E-state index >= 15 is 0 Å². The van der Waals surface area contributed by atoms with Gasteiger partial charge in [-0.3, -0.25) is 14.1 Å². The summed E-state index contributed by atoms with van der Waals surface area (Å²) >= 11 is 3.59. The van der Waals surface area contributed by atoms with E-state index in [0.717, 1.165) is 67.2 Å². The molecule has 3 fully saturated rings. The van der Waals surface area contributed by atoms with Gasteiger partial charge in [0.15, 0.2) is 0 Å². The van der Waals surface area contributed by atoms with Crippen LogP contribution in [0, 0.1) is 19.3 Å². The minimum absolute atomic E-state index is 0.349. The number of rotatable bonds is 11. The van der Waals surface area contributed by atoms with E-state index in [0.29, 0.717) is 50.1 Å². The van der Waals surface area contributed by atoms with Crippen molar-refractivity contribution < 1.29 is 18.3 Å². The molecule has 1 aliphatic carbocycles. The van der Waals surface area contributed by atoms with Gasteiger partial charge in [0.25, 0.3) is 0 Å². The van der Waals surface area contributed by atoms with Crippen LogP contribution >= 0.6 is 23.5 Å². The second-order valence-corrected chi connectivity index (χ2v) is 17.2. The van der Waals surface area contributed by atoms with Gasteiger partial charge in [0.1, 0.15) is 11.6 Å². The summed E-state index contributed by atoms with van der Waals surface area (Å²) in [5, 5.41) is 15.2. The van der Waals surface area contributed by atoms with Crippen molar-refractivity contribution in [3.63, 3.8) is 0 Å². The van der Waals surface area contributed by atoms with Gasteiger partial charge in [-0.1, -0.05) is 6.07 Å². The number of nitrogens with one attached hydrogen (secondary N) is 3. The lowest BCUT2D eigenvalue weighted by molar-refractivity contribution is -0.0224. The van der Waals surface area contributed by atoms with Crippen LogP contribution in [0.4, 0.5) is 28.8 Å². The molecule has 2 aliphatic heterocycles. The first-order valence-electron chi connectivity index (χ1n) is 17.8. The molecule has 3 N–H and O–H groups in total. The first kappa shape index (κ1) is 36.8. The van der Waals surface area contributed by atoms with Gasteiger partial charge in [-0.2, -0.15) is 10.1 Å². The minimum Gasteiger partial charge on any atom is -0.494 e. The molecule has 3 aliphatic rings. The van der Waals surface area contributed by atoms with Gasteiger partial charge >= 0.3 is 7.60 Å². The summed E-state index contributed by atoms with van der Waals surface area (Å²) in [4.78, 5) is 14.6. The summed E-state index contributed by atoms with van der Waals surface area (Å²) in [5.74, 6) is 1.50. The van der Waals surface area contributed by atoms with Crippen molar-refractivity contribution >= 4 is 57.7 Å². The molecule has 1 spiro atoms. The highest BCUT2D eigenvalue weighted by molar-refractivity contribution is 9.10. The molecule has 0 unspecified atom stereocenters. The van der Waals surface area contributed by atoms with E-state index < -0.39 is 7.60 Å². The first-order chi connectivity index (χ1) is 25.0.